The second kappa shape index (κ2) is 7.62. The summed E-state index contributed by atoms with van der Waals surface area (Å²) in [5, 5.41) is 21.4. The van der Waals surface area contributed by atoms with Crippen molar-refractivity contribution in [1.29, 1.82) is 5.26 Å². The van der Waals surface area contributed by atoms with Crippen LogP contribution in [0.1, 0.15) is 46.5 Å². The predicted octanol–water partition coefficient (Wildman–Crippen LogP) is 3.87. The van der Waals surface area contributed by atoms with Crippen molar-refractivity contribution in [2.45, 2.75) is 46.5 Å². The number of rotatable bonds is 9. The minimum absolute atomic E-state index is 0.0717. The predicted molar refractivity (Wildman–Crippen MR) is 110 cm³/mol. The maximum absolute atomic E-state index is 13.2. The number of carbonyl (C=O) groups is 1. The number of ether oxygens (including phenoxy) is 3. The number of aliphatic carboxylic acids is 1. The maximum Gasteiger partial charge on any atom is 0.316 e. The Bertz CT molecular complexity index is 772. The molecular weight excluding hydrogens is 382 g/mol. The van der Waals surface area contributed by atoms with Crippen LogP contribution in [0.2, 0.25) is 0 Å². The molecule has 3 fully saturated rings. The second-order valence-electron chi connectivity index (χ2n) is 10.3. The minimum Gasteiger partial charge on any atom is -0.481 e. The van der Waals surface area contributed by atoms with Crippen LogP contribution in [0.5, 0.6) is 0 Å². The SMILES string of the molecule is COCCOCOCC12CC3C(C)CCC3C3(C#N)CC1C=C(C(C)C)C32C(=O)O. The van der Waals surface area contributed by atoms with E-state index in [1.165, 1.54) is 0 Å². The lowest BCUT2D eigenvalue weighted by molar-refractivity contribution is -0.185. The van der Waals surface area contributed by atoms with Gasteiger partial charge in [-0.3, -0.25) is 4.79 Å². The first-order valence-electron chi connectivity index (χ1n) is 11.3. The number of nitrogens with zero attached hydrogens (tertiary/aromatic N) is 1. The number of hydrogen-bond donors (Lipinski definition) is 1. The van der Waals surface area contributed by atoms with Crippen LogP contribution < -0.4 is 0 Å². The van der Waals surface area contributed by atoms with Gasteiger partial charge in [-0.25, -0.2) is 0 Å². The Kier molecular flexibility index (Phi) is 5.53. The van der Waals surface area contributed by atoms with Crippen LogP contribution in [0.15, 0.2) is 11.6 Å². The molecule has 0 heterocycles. The molecule has 0 aromatic carbocycles. The standard InChI is InChI=1S/C24H35NO5/c1-15(2)20-9-17-10-22(12-25)19-6-5-16(3)18(19)11-23(17,24(20,22)21(26)27)13-30-14-29-8-7-28-4/h9,15-19H,5-8,10-11,13-14H2,1-4H3,(H,26,27). The van der Waals surface area contributed by atoms with Gasteiger partial charge in [-0.15, -0.1) is 0 Å². The van der Waals surface area contributed by atoms with Crippen molar-refractivity contribution in [3.63, 3.8) is 0 Å². The number of carboxylic acid groups (broad SMARTS) is 1. The van der Waals surface area contributed by atoms with Crippen LogP contribution in [-0.2, 0) is 19.0 Å². The Morgan fingerprint density at radius 2 is 2.07 bits per heavy atom. The number of carboxylic acids is 1. The Morgan fingerprint density at radius 1 is 1.30 bits per heavy atom. The van der Waals surface area contributed by atoms with Crippen molar-refractivity contribution in [3.05, 3.63) is 11.6 Å². The van der Waals surface area contributed by atoms with Crippen molar-refractivity contribution in [2.75, 3.05) is 33.7 Å². The first-order valence-corrected chi connectivity index (χ1v) is 11.3. The monoisotopic (exact) mass is 417 g/mol. The summed E-state index contributed by atoms with van der Waals surface area (Å²) >= 11 is 0. The molecule has 0 radical (unpaired) electrons. The molecule has 4 aliphatic carbocycles. The van der Waals surface area contributed by atoms with Gasteiger partial charge >= 0.3 is 5.97 Å². The van der Waals surface area contributed by atoms with Crippen molar-refractivity contribution in [3.8, 4) is 6.07 Å². The summed E-state index contributed by atoms with van der Waals surface area (Å²) in [5.74, 6) is 0.401. The van der Waals surface area contributed by atoms with Crippen molar-refractivity contribution in [2.24, 2.45) is 45.8 Å². The van der Waals surface area contributed by atoms with Crippen molar-refractivity contribution >= 4 is 5.97 Å². The zero-order valence-electron chi connectivity index (χ0n) is 18.6. The number of methoxy groups -OCH3 is 1. The zero-order valence-corrected chi connectivity index (χ0v) is 18.6. The molecule has 0 amide bonds. The Morgan fingerprint density at radius 3 is 2.70 bits per heavy atom. The molecule has 4 bridgehead atoms. The third-order valence-corrected chi connectivity index (χ3v) is 9.00. The highest BCUT2D eigenvalue weighted by molar-refractivity contribution is 5.85. The Labute approximate surface area is 179 Å². The molecule has 3 saturated carbocycles. The molecule has 0 aromatic heterocycles. The molecule has 0 aliphatic heterocycles. The van der Waals surface area contributed by atoms with Crippen LogP contribution >= 0.6 is 0 Å². The lowest BCUT2D eigenvalue weighted by atomic mass is 9.43. The number of nitriles is 1. The molecule has 1 N–H and O–H groups in total. The van der Waals surface area contributed by atoms with Gasteiger partial charge in [0.2, 0.25) is 0 Å². The van der Waals surface area contributed by atoms with E-state index in [9.17, 15) is 15.2 Å². The summed E-state index contributed by atoms with van der Waals surface area (Å²) < 4.78 is 16.5. The van der Waals surface area contributed by atoms with Crippen LogP contribution in [0.25, 0.3) is 0 Å². The fraction of sp³-hybridized carbons (Fsp3) is 0.833. The summed E-state index contributed by atoms with van der Waals surface area (Å²) in [6.45, 7) is 7.78. The van der Waals surface area contributed by atoms with Crippen LogP contribution in [-0.4, -0.2) is 44.8 Å². The first-order chi connectivity index (χ1) is 14.3. The molecule has 0 spiro atoms. The molecule has 166 valence electrons. The van der Waals surface area contributed by atoms with E-state index in [0.29, 0.717) is 38.1 Å². The number of hydrogen-bond acceptors (Lipinski definition) is 5. The van der Waals surface area contributed by atoms with E-state index in [-0.39, 0.29) is 24.5 Å². The molecule has 6 heteroatoms. The maximum atomic E-state index is 13.2. The first kappa shape index (κ1) is 21.8. The topological polar surface area (TPSA) is 88.8 Å². The molecule has 0 saturated heterocycles. The van der Waals surface area contributed by atoms with Gasteiger partial charge in [-0.2, -0.15) is 5.26 Å². The third kappa shape index (κ3) is 2.49. The molecule has 4 aliphatic rings. The number of fused-ring (bicyclic) bond motifs is 2. The van der Waals surface area contributed by atoms with E-state index in [1.54, 1.807) is 7.11 Å². The average Bonchev–Trinajstić information content (AvgIpc) is 3.27. The minimum atomic E-state index is -1.16. The Hall–Kier alpha value is -1.42. The van der Waals surface area contributed by atoms with Gasteiger partial charge < -0.3 is 19.3 Å². The van der Waals surface area contributed by atoms with E-state index in [2.05, 4.69) is 32.9 Å². The third-order valence-electron chi connectivity index (χ3n) is 9.00. The van der Waals surface area contributed by atoms with Gasteiger partial charge in [-0.05, 0) is 48.9 Å². The Balaban J connectivity index is 1.76. The largest absolute Gasteiger partial charge is 0.481 e. The molecule has 7 unspecified atom stereocenters. The highest BCUT2D eigenvalue weighted by Gasteiger charge is 2.84. The van der Waals surface area contributed by atoms with Gasteiger partial charge in [-0.1, -0.05) is 38.8 Å². The molecule has 0 aromatic rings. The summed E-state index contributed by atoms with van der Waals surface area (Å²) in [6, 6.07) is 2.66. The van der Waals surface area contributed by atoms with E-state index in [0.717, 1.165) is 24.8 Å². The lowest BCUT2D eigenvalue weighted by Crippen LogP contribution is -2.62. The van der Waals surface area contributed by atoms with Crippen LogP contribution in [0, 0.1) is 57.2 Å². The molecule has 7 atom stereocenters. The zero-order chi connectivity index (χ0) is 21.7. The van der Waals surface area contributed by atoms with E-state index in [4.69, 9.17) is 14.2 Å². The quantitative estimate of drug-likeness (QED) is 0.348. The highest BCUT2D eigenvalue weighted by Crippen LogP contribution is 2.83. The lowest BCUT2D eigenvalue weighted by Gasteiger charge is -2.57. The summed E-state index contributed by atoms with van der Waals surface area (Å²) in [4.78, 5) is 13.2. The smallest absolute Gasteiger partial charge is 0.316 e. The van der Waals surface area contributed by atoms with E-state index >= 15 is 0 Å². The van der Waals surface area contributed by atoms with Gasteiger partial charge in [0.1, 0.15) is 12.2 Å². The summed E-state index contributed by atoms with van der Waals surface area (Å²) in [5.41, 5.74) is -1.62. The summed E-state index contributed by atoms with van der Waals surface area (Å²) in [7, 11) is 1.62. The number of allylic oxidation sites excluding steroid dienone is 1. The molecular formula is C24H35NO5. The van der Waals surface area contributed by atoms with Crippen molar-refractivity contribution < 1.29 is 24.1 Å². The highest BCUT2D eigenvalue weighted by atomic mass is 16.7. The van der Waals surface area contributed by atoms with E-state index < -0.39 is 22.2 Å². The van der Waals surface area contributed by atoms with Gasteiger partial charge in [0, 0.05) is 12.5 Å². The fourth-order valence-electron chi connectivity index (χ4n) is 8.02. The van der Waals surface area contributed by atoms with Gasteiger partial charge in [0.05, 0.1) is 31.3 Å². The van der Waals surface area contributed by atoms with Crippen LogP contribution in [0.3, 0.4) is 0 Å². The second-order valence-corrected chi connectivity index (χ2v) is 10.3. The van der Waals surface area contributed by atoms with Crippen molar-refractivity contribution in [1.82, 2.24) is 0 Å². The molecule has 4 rings (SSSR count). The summed E-state index contributed by atoms with van der Waals surface area (Å²) in [6.07, 6.45) is 5.72. The van der Waals surface area contributed by atoms with Gasteiger partial charge in [0.15, 0.2) is 0 Å². The van der Waals surface area contributed by atoms with Gasteiger partial charge in [0.25, 0.3) is 0 Å². The van der Waals surface area contributed by atoms with Crippen LogP contribution in [0.4, 0.5) is 0 Å². The van der Waals surface area contributed by atoms with E-state index in [1.807, 2.05) is 0 Å². The fourth-order valence-corrected chi connectivity index (χ4v) is 8.02. The molecule has 6 nitrogen and oxygen atoms in total. The average molecular weight is 418 g/mol. The normalized spacial score (nSPS) is 43.5. The molecule has 30 heavy (non-hydrogen) atoms.